The Morgan fingerprint density at radius 1 is 1.37 bits per heavy atom. The van der Waals surface area contributed by atoms with E-state index < -0.39 is 0 Å². The first-order valence-electron chi connectivity index (χ1n) is 6.69. The predicted octanol–water partition coefficient (Wildman–Crippen LogP) is 2.27. The lowest BCUT2D eigenvalue weighted by molar-refractivity contribution is 0.0935. The number of aromatic nitrogens is 1. The average Bonchev–Trinajstić information content (AvgIpc) is 2.85. The highest BCUT2D eigenvalue weighted by molar-refractivity contribution is 6.05. The number of H-pyrrole nitrogens is 1. The van der Waals surface area contributed by atoms with E-state index in [9.17, 15) is 4.79 Å². The maximum Gasteiger partial charge on any atom is 0.253 e. The van der Waals surface area contributed by atoms with Gasteiger partial charge in [0, 0.05) is 24.2 Å². The molecule has 0 aliphatic carbocycles. The summed E-state index contributed by atoms with van der Waals surface area (Å²) in [5.41, 5.74) is 7.26. The van der Waals surface area contributed by atoms with Gasteiger partial charge in [0.1, 0.15) is 0 Å². The van der Waals surface area contributed by atoms with E-state index >= 15 is 0 Å². The number of carbonyl (C=O) groups excluding carboxylic acids is 1. The van der Waals surface area contributed by atoms with E-state index in [1.54, 1.807) is 0 Å². The van der Waals surface area contributed by atoms with Crippen LogP contribution in [0.4, 0.5) is 0 Å². The number of aromatic amines is 1. The average molecular weight is 259 g/mol. The van der Waals surface area contributed by atoms with Crippen molar-refractivity contribution in [2.75, 3.05) is 6.54 Å². The molecule has 2 rings (SSSR count). The van der Waals surface area contributed by atoms with Crippen molar-refractivity contribution in [3.8, 4) is 0 Å². The number of carbonyl (C=O) groups is 1. The van der Waals surface area contributed by atoms with Crippen LogP contribution < -0.4 is 11.1 Å². The maximum atomic E-state index is 12.3. The third-order valence-electron chi connectivity index (χ3n) is 3.21. The molecule has 1 aromatic carbocycles. The van der Waals surface area contributed by atoms with Crippen LogP contribution in [0.5, 0.6) is 0 Å². The summed E-state index contributed by atoms with van der Waals surface area (Å²) in [7, 11) is 0. The Morgan fingerprint density at radius 2 is 2.16 bits per heavy atom. The Morgan fingerprint density at radius 3 is 2.84 bits per heavy atom. The molecule has 0 radical (unpaired) electrons. The highest BCUT2D eigenvalue weighted by atomic mass is 16.1. The molecule has 0 aliphatic rings. The van der Waals surface area contributed by atoms with Crippen LogP contribution in [0.15, 0.2) is 30.5 Å². The number of amides is 1. The topological polar surface area (TPSA) is 70.9 Å². The highest BCUT2D eigenvalue weighted by Gasteiger charge is 2.16. The number of rotatable bonds is 5. The fourth-order valence-corrected chi connectivity index (χ4v) is 2.32. The Bertz CT molecular complexity index is 559. The minimum Gasteiger partial charge on any atom is -0.361 e. The molecule has 0 saturated heterocycles. The van der Waals surface area contributed by atoms with E-state index in [4.69, 9.17) is 5.73 Å². The van der Waals surface area contributed by atoms with E-state index in [1.165, 1.54) is 0 Å². The van der Waals surface area contributed by atoms with Gasteiger partial charge >= 0.3 is 0 Å². The predicted molar refractivity (Wildman–Crippen MR) is 78.1 cm³/mol. The minimum atomic E-state index is -0.0656. The van der Waals surface area contributed by atoms with Gasteiger partial charge in [-0.05, 0) is 24.5 Å². The molecule has 4 N–H and O–H groups in total. The summed E-state index contributed by atoms with van der Waals surface area (Å²) >= 11 is 0. The zero-order chi connectivity index (χ0) is 13.8. The molecular weight excluding hydrogens is 238 g/mol. The SMILES string of the molecule is CC(C)CC(CN)NC(=O)c1cccc2cc[nH]c12. The third kappa shape index (κ3) is 3.15. The van der Waals surface area contributed by atoms with Crippen molar-refractivity contribution in [2.45, 2.75) is 26.3 Å². The lowest BCUT2D eigenvalue weighted by Crippen LogP contribution is -2.41. The number of nitrogens with two attached hydrogens (primary N) is 1. The van der Waals surface area contributed by atoms with E-state index in [0.29, 0.717) is 18.0 Å². The van der Waals surface area contributed by atoms with Gasteiger partial charge in [0.25, 0.3) is 5.91 Å². The first kappa shape index (κ1) is 13.6. The Labute approximate surface area is 113 Å². The Hall–Kier alpha value is -1.81. The van der Waals surface area contributed by atoms with Crippen LogP contribution in [0.2, 0.25) is 0 Å². The molecule has 0 bridgehead atoms. The highest BCUT2D eigenvalue weighted by Crippen LogP contribution is 2.17. The van der Waals surface area contributed by atoms with Crippen LogP contribution in [0.25, 0.3) is 10.9 Å². The van der Waals surface area contributed by atoms with Gasteiger partial charge in [-0.15, -0.1) is 0 Å². The number of nitrogens with one attached hydrogen (secondary N) is 2. The van der Waals surface area contributed by atoms with Crippen molar-refractivity contribution < 1.29 is 4.79 Å². The molecule has 1 unspecified atom stereocenters. The number of hydrogen-bond acceptors (Lipinski definition) is 2. The molecule has 1 heterocycles. The number of para-hydroxylation sites is 1. The minimum absolute atomic E-state index is 0.0257. The lowest BCUT2D eigenvalue weighted by atomic mass is 10.0. The van der Waals surface area contributed by atoms with Crippen molar-refractivity contribution in [3.05, 3.63) is 36.0 Å². The molecule has 0 aliphatic heterocycles. The molecule has 19 heavy (non-hydrogen) atoms. The Balaban J connectivity index is 2.17. The van der Waals surface area contributed by atoms with E-state index in [0.717, 1.165) is 17.3 Å². The van der Waals surface area contributed by atoms with Crippen molar-refractivity contribution in [1.29, 1.82) is 0 Å². The van der Waals surface area contributed by atoms with Gasteiger partial charge in [-0.1, -0.05) is 26.0 Å². The maximum absolute atomic E-state index is 12.3. The first-order valence-corrected chi connectivity index (χ1v) is 6.69. The summed E-state index contributed by atoms with van der Waals surface area (Å²) in [6, 6.07) is 7.69. The third-order valence-corrected chi connectivity index (χ3v) is 3.21. The molecular formula is C15H21N3O. The molecule has 4 heteroatoms. The first-order chi connectivity index (χ1) is 9.11. The molecule has 0 fully saturated rings. The zero-order valence-electron chi connectivity index (χ0n) is 11.4. The van der Waals surface area contributed by atoms with Gasteiger partial charge in [0.05, 0.1) is 11.1 Å². The quantitative estimate of drug-likeness (QED) is 0.771. The van der Waals surface area contributed by atoms with Crippen LogP contribution in [-0.2, 0) is 0 Å². The summed E-state index contributed by atoms with van der Waals surface area (Å²) < 4.78 is 0. The molecule has 0 spiro atoms. The molecule has 0 saturated carbocycles. The second kappa shape index (κ2) is 5.89. The van der Waals surface area contributed by atoms with Crippen molar-refractivity contribution in [3.63, 3.8) is 0 Å². The fourth-order valence-electron chi connectivity index (χ4n) is 2.32. The number of benzene rings is 1. The molecule has 2 aromatic rings. The largest absolute Gasteiger partial charge is 0.361 e. The van der Waals surface area contributed by atoms with Crippen LogP contribution in [0.1, 0.15) is 30.6 Å². The lowest BCUT2D eigenvalue weighted by Gasteiger charge is -2.19. The van der Waals surface area contributed by atoms with E-state index in [2.05, 4.69) is 24.1 Å². The Kier molecular flexibility index (Phi) is 4.22. The van der Waals surface area contributed by atoms with Crippen molar-refractivity contribution in [1.82, 2.24) is 10.3 Å². The van der Waals surface area contributed by atoms with E-state index in [1.807, 2.05) is 30.5 Å². The summed E-state index contributed by atoms with van der Waals surface area (Å²) in [5.74, 6) is 0.444. The zero-order valence-corrected chi connectivity index (χ0v) is 11.4. The van der Waals surface area contributed by atoms with Crippen molar-refractivity contribution >= 4 is 16.8 Å². The van der Waals surface area contributed by atoms with Gasteiger partial charge in [-0.2, -0.15) is 0 Å². The van der Waals surface area contributed by atoms with Crippen LogP contribution >= 0.6 is 0 Å². The van der Waals surface area contributed by atoms with Crippen LogP contribution in [-0.4, -0.2) is 23.5 Å². The fraction of sp³-hybridized carbons (Fsp3) is 0.400. The second-order valence-electron chi connectivity index (χ2n) is 5.28. The van der Waals surface area contributed by atoms with E-state index in [-0.39, 0.29) is 11.9 Å². The molecule has 1 atom stereocenters. The summed E-state index contributed by atoms with van der Waals surface area (Å²) in [6.45, 7) is 4.71. The summed E-state index contributed by atoms with van der Waals surface area (Å²) in [4.78, 5) is 15.4. The molecule has 102 valence electrons. The number of hydrogen-bond donors (Lipinski definition) is 3. The van der Waals surface area contributed by atoms with Crippen molar-refractivity contribution in [2.24, 2.45) is 11.7 Å². The number of fused-ring (bicyclic) bond motifs is 1. The second-order valence-corrected chi connectivity index (χ2v) is 5.28. The molecule has 1 aromatic heterocycles. The molecule has 4 nitrogen and oxygen atoms in total. The van der Waals surface area contributed by atoms with Gasteiger partial charge in [-0.3, -0.25) is 4.79 Å². The summed E-state index contributed by atoms with van der Waals surface area (Å²) in [5, 5.41) is 4.05. The molecule has 1 amide bonds. The van der Waals surface area contributed by atoms with Gasteiger partial charge in [-0.25, -0.2) is 0 Å². The normalized spacial score (nSPS) is 12.8. The van der Waals surface area contributed by atoms with Crippen LogP contribution in [0.3, 0.4) is 0 Å². The monoisotopic (exact) mass is 259 g/mol. The standard InChI is InChI=1S/C15H21N3O/c1-10(2)8-12(9-16)18-15(19)13-5-3-4-11-6-7-17-14(11)13/h3-7,10,12,17H,8-9,16H2,1-2H3,(H,18,19). The van der Waals surface area contributed by atoms with Gasteiger partial charge in [0.15, 0.2) is 0 Å². The van der Waals surface area contributed by atoms with Gasteiger partial charge < -0.3 is 16.0 Å². The summed E-state index contributed by atoms with van der Waals surface area (Å²) in [6.07, 6.45) is 2.74. The van der Waals surface area contributed by atoms with Gasteiger partial charge in [0.2, 0.25) is 0 Å². The van der Waals surface area contributed by atoms with Crippen LogP contribution in [0, 0.1) is 5.92 Å². The smallest absolute Gasteiger partial charge is 0.253 e.